The van der Waals surface area contributed by atoms with Gasteiger partial charge in [-0.2, -0.15) is 0 Å². The molecule has 2 aromatic rings. The van der Waals surface area contributed by atoms with E-state index in [9.17, 15) is 13.6 Å². The van der Waals surface area contributed by atoms with Crippen molar-refractivity contribution in [3.05, 3.63) is 65.2 Å². The second-order valence-corrected chi connectivity index (χ2v) is 5.90. The SMILES string of the molecule is O=C(NCCc1cc(F)cc(F)c1)c1ccccc1N1CCOCC1. The highest BCUT2D eigenvalue weighted by atomic mass is 19.1. The van der Waals surface area contributed by atoms with Crippen molar-refractivity contribution in [1.29, 1.82) is 0 Å². The highest BCUT2D eigenvalue weighted by Gasteiger charge is 2.18. The third kappa shape index (κ3) is 4.54. The molecule has 1 N–H and O–H groups in total. The second-order valence-electron chi connectivity index (χ2n) is 5.90. The van der Waals surface area contributed by atoms with Crippen LogP contribution in [0.5, 0.6) is 0 Å². The van der Waals surface area contributed by atoms with Crippen LogP contribution in [0.4, 0.5) is 14.5 Å². The molecule has 1 fully saturated rings. The summed E-state index contributed by atoms with van der Waals surface area (Å²) in [4.78, 5) is 14.6. The molecule has 0 radical (unpaired) electrons. The van der Waals surface area contributed by atoms with E-state index in [-0.39, 0.29) is 5.91 Å². The monoisotopic (exact) mass is 346 g/mol. The van der Waals surface area contributed by atoms with Crippen molar-refractivity contribution < 1.29 is 18.3 Å². The van der Waals surface area contributed by atoms with Gasteiger partial charge in [-0.05, 0) is 36.2 Å². The number of halogens is 2. The number of amides is 1. The molecule has 3 rings (SSSR count). The lowest BCUT2D eigenvalue weighted by atomic mass is 10.1. The van der Waals surface area contributed by atoms with E-state index in [1.807, 2.05) is 18.2 Å². The molecule has 0 saturated carbocycles. The summed E-state index contributed by atoms with van der Waals surface area (Å²) >= 11 is 0. The number of carbonyl (C=O) groups excluding carboxylic acids is 1. The van der Waals surface area contributed by atoms with Gasteiger partial charge in [0.15, 0.2) is 0 Å². The summed E-state index contributed by atoms with van der Waals surface area (Å²) in [6, 6.07) is 10.8. The Morgan fingerprint density at radius 3 is 2.48 bits per heavy atom. The van der Waals surface area contributed by atoms with Crippen LogP contribution in [0.3, 0.4) is 0 Å². The fraction of sp³-hybridized carbons (Fsp3) is 0.316. The van der Waals surface area contributed by atoms with Gasteiger partial charge in [0.25, 0.3) is 5.91 Å². The van der Waals surface area contributed by atoms with Crippen molar-refractivity contribution in [3.63, 3.8) is 0 Å². The summed E-state index contributed by atoms with van der Waals surface area (Å²) < 4.78 is 31.7. The van der Waals surface area contributed by atoms with Crippen LogP contribution in [0.2, 0.25) is 0 Å². The van der Waals surface area contributed by atoms with Gasteiger partial charge < -0.3 is 15.0 Å². The van der Waals surface area contributed by atoms with Crippen molar-refractivity contribution in [2.24, 2.45) is 0 Å². The van der Waals surface area contributed by atoms with Gasteiger partial charge in [-0.15, -0.1) is 0 Å². The first kappa shape index (κ1) is 17.4. The molecule has 1 amide bonds. The Labute approximate surface area is 145 Å². The number of hydrogen-bond acceptors (Lipinski definition) is 3. The minimum absolute atomic E-state index is 0.195. The van der Waals surface area contributed by atoms with Gasteiger partial charge in [0.2, 0.25) is 0 Å². The number of nitrogens with zero attached hydrogens (tertiary/aromatic N) is 1. The summed E-state index contributed by atoms with van der Waals surface area (Å²) in [5, 5.41) is 2.82. The average Bonchev–Trinajstić information content (AvgIpc) is 2.61. The number of anilines is 1. The molecule has 0 bridgehead atoms. The first-order valence-electron chi connectivity index (χ1n) is 8.28. The van der Waals surface area contributed by atoms with Crippen LogP contribution in [0.15, 0.2) is 42.5 Å². The third-order valence-corrected chi connectivity index (χ3v) is 4.12. The predicted molar refractivity (Wildman–Crippen MR) is 91.9 cm³/mol. The Kier molecular flexibility index (Phi) is 5.60. The zero-order valence-corrected chi connectivity index (χ0v) is 13.8. The largest absolute Gasteiger partial charge is 0.378 e. The molecule has 4 nitrogen and oxygen atoms in total. The van der Waals surface area contributed by atoms with Crippen LogP contribution in [0.25, 0.3) is 0 Å². The van der Waals surface area contributed by atoms with Crippen LogP contribution in [-0.4, -0.2) is 38.8 Å². The predicted octanol–water partition coefficient (Wildman–Crippen LogP) is 2.77. The minimum atomic E-state index is -0.612. The maximum Gasteiger partial charge on any atom is 0.253 e. The molecule has 132 valence electrons. The molecule has 1 saturated heterocycles. The Bertz CT molecular complexity index is 726. The van der Waals surface area contributed by atoms with Gasteiger partial charge in [0.05, 0.1) is 18.8 Å². The molecular weight excluding hydrogens is 326 g/mol. The summed E-state index contributed by atoms with van der Waals surface area (Å²) in [7, 11) is 0. The lowest BCUT2D eigenvalue weighted by Crippen LogP contribution is -2.38. The van der Waals surface area contributed by atoms with Gasteiger partial charge in [0, 0.05) is 31.4 Å². The lowest BCUT2D eigenvalue weighted by molar-refractivity contribution is 0.0952. The highest BCUT2D eigenvalue weighted by molar-refractivity contribution is 5.99. The van der Waals surface area contributed by atoms with Crippen LogP contribution in [0, 0.1) is 11.6 Å². The van der Waals surface area contributed by atoms with Crippen molar-refractivity contribution >= 4 is 11.6 Å². The summed E-state index contributed by atoms with van der Waals surface area (Å²) in [5.74, 6) is -1.42. The fourth-order valence-electron chi connectivity index (χ4n) is 2.92. The molecule has 1 aliphatic rings. The topological polar surface area (TPSA) is 41.6 Å². The molecule has 0 spiro atoms. The van der Waals surface area contributed by atoms with Gasteiger partial charge in [-0.25, -0.2) is 8.78 Å². The molecule has 0 unspecified atom stereocenters. The maximum atomic E-state index is 13.2. The summed E-state index contributed by atoms with van der Waals surface area (Å²) in [5.41, 5.74) is 1.98. The van der Waals surface area contributed by atoms with E-state index in [1.165, 1.54) is 12.1 Å². The Morgan fingerprint density at radius 2 is 1.76 bits per heavy atom. The highest BCUT2D eigenvalue weighted by Crippen LogP contribution is 2.21. The standard InChI is InChI=1S/C19H20F2N2O2/c20-15-11-14(12-16(21)13-15)5-6-22-19(24)17-3-1-2-4-18(17)23-7-9-25-10-8-23/h1-4,11-13H,5-10H2,(H,22,24). The Balaban J connectivity index is 1.63. The quantitative estimate of drug-likeness (QED) is 0.905. The third-order valence-electron chi connectivity index (χ3n) is 4.12. The van der Waals surface area contributed by atoms with Crippen LogP contribution in [-0.2, 0) is 11.2 Å². The van der Waals surface area contributed by atoms with Crippen LogP contribution in [0.1, 0.15) is 15.9 Å². The average molecular weight is 346 g/mol. The molecule has 25 heavy (non-hydrogen) atoms. The molecule has 1 aliphatic heterocycles. The number of benzene rings is 2. The molecule has 2 aromatic carbocycles. The number of ether oxygens (including phenoxy) is 1. The van der Waals surface area contributed by atoms with Crippen molar-refractivity contribution in [2.45, 2.75) is 6.42 Å². The molecule has 0 atom stereocenters. The zero-order chi connectivity index (χ0) is 17.6. The number of nitrogens with one attached hydrogen (secondary N) is 1. The molecule has 6 heteroatoms. The normalized spacial score (nSPS) is 14.4. The Hall–Kier alpha value is -2.47. The minimum Gasteiger partial charge on any atom is -0.378 e. The fourth-order valence-corrected chi connectivity index (χ4v) is 2.92. The second kappa shape index (κ2) is 8.07. The van der Waals surface area contributed by atoms with Gasteiger partial charge in [0.1, 0.15) is 11.6 Å². The lowest BCUT2D eigenvalue weighted by Gasteiger charge is -2.30. The van der Waals surface area contributed by atoms with Gasteiger partial charge >= 0.3 is 0 Å². The van der Waals surface area contributed by atoms with Gasteiger partial charge in [-0.3, -0.25) is 4.79 Å². The van der Waals surface area contributed by atoms with Crippen molar-refractivity contribution in [1.82, 2.24) is 5.32 Å². The van der Waals surface area contributed by atoms with E-state index in [0.717, 1.165) is 24.8 Å². The zero-order valence-electron chi connectivity index (χ0n) is 13.8. The van der Waals surface area contributed by atoms with Crippen LogP contribution >= 0.6 is 0 Å². The van der Waals surface area contributed by atoms with Crippen molar-refractivity contribution in [2.75, 3.05) is 37.7 Å². The summed E-state index contributed by atoms with van der Waals surface area (Å²) in [6.45, 7) is 3.07. The number of morpholine rings is 1. The van der Waals surface area contributed by atoms with E-state index >= 15 is 0 Å². The van der Waals surface area contributed by atoms with E-state index in [1.54, 1.807) is 6.07 Å². The maximum absolute atomic E-state index is 13.2. The number of hydrogen-bond donors (Lipinski definition) is 1. The Morgan fingerprint density at radius 1 is 1.08 bits per heavy atom. The molecule has 0 aromatic heterocycles. The smallest absolute Gasteiger partial charge is 0.253 e. The van der Waals surface area contributed by atoms with E-state index in [2.05, 4.69) is 10.2 Å². The first-order valence-corrected chi connectivity index (χ1v) is 8.28. The van der Waals surface area contributed by atoms with Crippen LogP contribution < -0.4 is 10.2 Å². The van der Waals surface area contributed by atoms with Crippen molar-refractivity contribution in [3.8, 4) is 0 Å². The molecule has 0 aliphatic carbocycles. The number of rotatable bonds is 5. The number of carbonyl (C=O) groups is 1. The summed E-state index contributed by atoms with van der Waals surface area (Å²) in [6.07, 6.45) is 0.361. The van der Waals surface area contributed by atoms with E-state index in [0.29, 0.717) is 37.3 Å². The molecule has 1 heterocycles. The van der Waals surface area contributed by atoms with E-state index in [4.69, 9.17) is 4.74 Å². The number of para-hydroxylation sites is 1. The molecular formula is C19H20F2N2O2. The van der Waals surface area contributed by atoms with E-state index < -0.39 is 11.6 Å². The first-order chi connectivity index (χ1) is 12.1. The van der Waals surface area contributed by atoms with Gasteiger partial charge in [-0.1, -0.05) is 12.1 Å².